The number of anilines is 1. The number of hydrogen-bond acceptors (Lipinski definition) is 6. The van der Waals surface area contributed by atoms with Gasteiger partial charge in [0.1, 0.15) is 11.5 Å². The summed E-state index contributed by atoms with van der Waals surface area (Å²) in [5.74, 6) is 0.473. The smallest absolute Gasteiger partial charge is 0.338 e. The number of hydrazone groups is 1. The molecule has 0 atom stereocenters. The number of ether oxygens (including phenoxy) is 1. The summed E-state index contributed by atoms with van der Waals surface area (Å²) in [7, 11) is 0. The van der Waals surface area contributed by atoms with Gasteiger partial charge in [-0.1, -0.05) is 42.5 Å². The number of fused-ring (bicyclic) bond motifs is 1. The van der Waals surface area contributed by atoms with Gasteiger partial charge in [-0.05, 0) is 54.1 Å². The Labute approximate surface area is 191 Å². The van der Waals surface area contributed by atoms with Crippen LogP contribution in [0.2, 0.25) is 0 Å². The van der Waals surface area contributed by atoms with E-state index < -0.39 is 0 Å². The Morgan fingerprint density at radius 1 is 0.970 bits per heavy atom. The van der Waals surface area contributed by atoms with E-state index in [0.717, 1.165) is 22.0 Å². The van der Waals surface area contributed by atoms with E-state index in [1.807, 2.05) is 42.5 Å². The normalized spacial score (nSPS) is 10.9. The molecule has 0 aliphatic rings. The van der Waals surface area contributed by atoms with Gasteiger partial charge >= 0.3 is 5.97 Å². The molecule has 1 heterocycles. The largest absolute Gasteiger partial charge is 0.462 e. The summed E-state index contributed by atoms with van der Waals surface area (Å²) < 4.78 is 10.7. The Kier molecular flexibility index (Phi) is 6.80. The van der Waals surface area contributed by atoms with Crippen LogP contribution in [0, 0.1) is 0 Å². The van der Waals surface area contributed by atoms with E-state index in [0.29, 0.717) is 23.7 Å². The molecule has 0 radical (unpaired) electrons. The van der Waals surface area contributed by atoms with E-state index in [2.05, 4.69) is 15.8 Å². The fourth-order valence-corrected chi connectivity index (χ4v) is 3.25. The van der Waals surface area contributed by atoms with Crippen LogP contribution in [0.15, 0.2) is 88.4 Å². The van der Waals surface area contributed by atoms with Crippen LogP contribution < -0.4 is 10.7 Å². The molecule has 1 aromatic heterocycles. The Morgan fingerprint density at radius 3 is 2.55 bits per heavy atom. The van der Waals surface area contributed by atoms with E-state index in [1.165, 1.54) is 6.21 Å². The molecule has 0 fully saturated rings. The first-order chi connectivity index (χ1) is 16.1. The van der Waals surface area contributed by atoms with Crippen molar-refractivity contribution in [1.82, 2.24) is 5.43 Å². The minimum Gasteiger partial charge on any atom is -0.462 e. The number of rotatable bonds is 8. The van der Waals surface area contributed by atoms with Gasteiger partial charge in [0, 0.05) is 11.3 Å². The third kappa shape index (κ3) is 5.65. The molecule has 33 heavy (non-hydrogen) atoms. The fourth-order valence-electron chi connectivity index (χ4n) is 3.25. The third-order valence-electron chi connectivity index (χ3n) is 4.89. The van der Waals surface area contributed by atoms with Crippen molar-refractivity contribution < 1.29 is 18.7 Å². The quantitative estimate of drug-likeness (QED) is 0.232. The summed E-state index contributed by atoms with van der Waals surface area (Å²) in [4.78, 5) is 23.8. The molecule has 7 nitrogen and oxygen atoms in total. The maximum absolute atomic E-state index is 12.1. The average molecular weight is 441 g/mol. The van der Waals surface area contributed by atoms with Gasteiger partial charge in [0.05, 0.1) is 24.9 Å². The van der Waals surface area contributed by atoms with Crippen molar-refractivity contribution >= 4 is 34.6 Å². The summed E-state index contributed by atoms with van der Waals surface area (Å²) in [6.07, 6.45) is 1.43. The molecule has 0 spiro atoms. The number of furan rings is 1. The highest BCUT2D eigenvalue weighted by atomic mass is 16.5. The topological polar surface area (TPSA) is 92.9 Å². The zero-order valence-electron chi connectivity index (χ0n) is 18.1. The maximum Gasteiger partial charge on any atom is 0.338 e. The Hall–Kier alpha value is -4.39. The fraction of sp³-hybridized carbons (Fsp3) is 0.115. The van der Waals surface area contributed by atoms with Gasteiger partial charge in [-0.25, -0.2) is 10.2 Å². The molecule has 0 aliphatic carbocycles. The second-order valence-electron chi connectivity index (χ2n) is 7.21. The number of amides is 1. The van der Waals surface area contributed by atoms with Gasteiger partial charge in [0.15, 0.2) is 0 Å². The average Bonchev–Trinajstić information content (AvgIpc) is 3.32. The zero-order chi connectivity index (χ0) is 23.0. The van der Waals surface area contributed by atoms with Crippen molar-refractivity contribution in [2.75, 3.05) is 18.5 Å². The molecule has 0 bridgehead atoms. The predicted molar refractivity (Wildman–Crippen MR) is 128 cm³/mol. The molecule has 0 aliphatic heterocycles. The van der Waals surface area contributed by atoms with Crippen LogP contribution in [0.25, 0.3) is 22.1 Å². The van der Waals surface area contributed by atoms with Crippen LogP contribution in [-0.2, 0) is 9.53 Å². The minimum atomic E-state index is -0.359. The zero-order valence-corrected chi connectivity index (χ0v) is 18.1. The molecule has 0 saturated carbocycles. The highest BCUT2D eigenvalue weighted by Gasteiger charge is 2.08. The number of carbonyl (C=O) groups excluding carboxylic acids is 2. The van der Waals surface area contributed by atoms with Crippen LogP contribution >= 0.6 is 0 Å². The number of carbonyl (C=O) groups is 2. The molecule has 1 amide bonds. The van der Waals surface area contributed by atoms with Crippen molar-refractivity contribution in [2.45, 2.75) is 6.92 Å². The first kappa shape index (κ1) is 21.8. The van der Waals surface area contributed by atoms with Crippen LogP contribution in [0.5, 0.6) is 0 Å². The standard InChI is InChI=1S/C26H23N3O4/c1-2-32-26(31)20-9-7-19(8-10-20)24-14-13-23(33-24)16-28-29-25(30)17-27-22-12-11-18-5-3-4-6-21(18)15-22/h3-16,27H,2,17H2,1H3,(H,29,30)/b28-16+. The molecule has 0 saturated heterocycles. The predicted octanol–water partition coefficient (Wildman–Crippen LogP) is 4.84. The monoisotopic (exact) mass is 441 g/mol. The molecule has 2 N–H and O–H groups in total. The first-order valence-corrected chi connectivity index (χ1v) is 10.5. The number of nitrogens with one attached hydrogen (secondary N) is 2. The highest BCUT2D eigenvalue weighted by Crippen LogP contribution is 2.22. The highest BCUT2D eigenvalue weighted by molar-refractivity contribution is 5.90. The lowest BCUT2D eigenvalue weighted by molar-refractivity contribution is -0.119. The van der Waals surface area contributed by atoms with Crippen molar-refractivity contribution in [2.24, 2.45) is 5.10 Å². The van der Waals surface area contributed by atoms with Crippen LogP contribution in [-0.4, -0.2) is 31.2 Å². The SMILES string of the molecule is CCOC(=O)c1ccc(-c2ccc(/C=N/NC(=O)CNc3ccc4ccccc4c3)o2)cc1. The van der Waals surface area contributed by atoms with Crippen molar-refractivity contribution in [3.05, 3.63) is 90.2 Å². The number of esters is 1. The van der Waals surface area contributed by atoms with E-state index >= 15 is 0 Å². The van der Waals surface area contributed by atoms with Gasteiger partial charge in [-0.2, -0.15) is 5.10 Å². The Bertz CT molecular complexity index is 1290. The van der Waals surface area contributed by atoms with Crippen LogP contribution in [0.3, 0.4) is 0 Å². The Balaban J connectivity index is 1.28. The van der Waals surface area contributed by atoms with E-state index in [4.69, 9.17) is 9.15 Å². The molecule has 3 aromatic carbocycles. The van der Waals surface area contributed by atoms with Crippen molar-refractivity contribution in [3.8, 4) is 11.3 Å². The second kappa shape index (κ2) is 10.3. The minimum absolute atomic E-state index is 0.0892. The van der Waals surface area contributed by atoms with Gasteiger partial charge in [0.25, 0.3) is 5.91 Å². The number of hydrogen-bond donors (Lipinski definition) is 2. The molecule has 0 unspecified atom stereocenters. The van der Waals surface area contributed by atoms with Gasteiger partial charge in [0.2, 0.25) is 0 Å². The summed E-state index contributed by atoms with van der Waals surface area (Å²) in [5, 5.41) is 9.28. The van der Waals surface area contributed by atoms with Gasteiger partial charge in [-0.15, -0.1) is 0 Å². The van der Waals surface area contributed by atoms with Crippen molar-refractivity contribution in [3.63, 3.8) is 0 Å². The van der Waals surface area contributed by atoms with Crippen LogP contribution in [0.1, 0.15) is 23.0 Å². The van der Waals surface area contributed by atoms with Crippen molar-refractivity contribution in [1.29, 1.82) is 0 Å². The molecule has 7 heteroatoms. The maximum atomic E-state index is 12.1. The van der Waals surface area contributed by atoms with E-state index in [-0.39, 0.29) is 18.4 Å². The van der Waals surface area contributed by atoms with Gasteiger partial charge in [-0.3, -0.25) is 4.79 Å². The lowest BCUT2D eigenvalue weighted by Gasteiger charge is -2.06. The lowest BCUT2D eigenvalue weighted by atomic mass is 10.1. The van der Waals surface area contributed by atoms with E-state index in [9.17, 15) is 9.59 Å². The third-order valence-corrected chi connectivity index (χ3v) is 4.89. The first-order valence-electron chi connectivity index (χ1n) is 10.5. The molecule has 166 valence electrons. The molecular formula is C26H23N3O4. The number of nitrogens with zero attached hydrogens (tertiary/aromatic N) is 1. The number of benzene rings is 3. The summed E-state index contributed by atoms with van der Waals surface area (Å²) in [6, 6.07) is 24.5. The second-order valence-corrected chi connectivity index (χ2v) is 7.21. The summed E-state index contributed by atoms with van der Waals surface area (Å²) in [5.41, 5.74) is 4.63. The summed E-state index contributed by atoms with van der Waals surface area (Å²) in [6.45, 7) is 2.19. The Morgan fingerprint density at radius 2 is 1.76 bits per heavy atom. The van der Waals surface area contributed by atoms with Gasteiger partial charge < -0.3 is 14.5 Å². The molecule has 4 rings (SSSR count). The van der Waals surface area contributed by atoms with Crippen LogP contribution in [0.4, 0.5) is 5.69 Å². The summed E-state index contributed by atoms with van der Waals surface area (Å²) >= 11 is 0. The van der Waals surface area contributed by atoms with E-state index in [1.54, 1.807) is 43.3 Å². The molecular weight excluding hydrogens is 418 g/mol. The lowest BCUT2D eigenvalue weighted by Crippen LogP contribution is -2.25. The molecule has 4 aromatic rings.